The number of carbonyl (C=O) groups is 2. The number of nitrogens with one attached hydrogen (secondary N) is 2. The normalized spacial score (nSPS) is 10.3. The summed E-state index contributed by atoms with van der Waals surface area (Å²) in [6.45, 7) is 4.72. The zero-order valence-corrected chi connectivity index (χ0v) is 17.3. The summed E-state index contributed by atoms with van der Waals surface area (Å²) < 4.78 is 6.44. The summed E-state index contributed by atoms with van der Waals surface area (Å²) in [6.07, 6.45) is 4.55. The number of ether oxygens (including phenoxy) is 1. The summed E-state index contributed by atoms with van der Waals surface area (Å²) in [5.41, 5.74) is 6.74. The van der Waals surface area contributed by atoms with Gasteiger partial charge in [0, 0.05) is 11.1 Å². The van der Waals surface area contributed by atoms with Crippen molar-refractivity contribution in [1.29, 1.82) is 0 Å². The van der Waals surface area contributed by atoms with Crippen LogP contribution in [0.2, 0.25) is 0 Å². The largest absolute Gasteiger partial charge is 0.492 e. The van der Waals surface area contributed by atoms with Crippen LogP contribution >= 0.6 is 15.9 Å². The topological polar surface area (TPSA) is 67.4 Å². The summed E-state index contributed by atoms with van der Waals surface area (Å²) in [7, 11) is 0. The molecule has 2 aromatic rings. The molecule has 2 aromatic carbocycles. The molecule has 0 radical (unpaired) electrons. The van der Waals surface area contributed by atoms with Crippen LogP contribution in [0.4, 0.5) is 0 Å². The smallest absolute Gasteiger partial charge is 0.269 e. The van der Waals surface area contributed by atoms with Gasteiger partial charge in [-0.15, -0.1) is 0 Å². The van der Waals surface area contributed by atoms with Gasteiger partial charge in [-0.25, -0.2) is 0 Å². The second kappa shape index (κ2) is 10.7. The van der Waals surface area contributed by atoms with Gasteiger partial charge in [0.25, 0.3) is 11.8 Å². The second-order valence-corrected chi connectivity index (χ2v) is 7.19. The van der Waals surface area contributed by atoms with Gasteiger partial charge in [-0.05, 0) is 59.6 Å². The molecule has 0 saturated carbocycles. The maximum absolute atomic E-state index is 12.3. The molecular weight excluding hydrogens is 408 g/mol. The van der Waals surface area contributed by atoms with E-state index in [-0.39, 0.29) is 5.91 Å². The Morgan fingerprint density at radius 1 is 0.963 bits per heavy atom. The van der Waals surface area contributed by atoms with Crippen LogP contribution in [-0.2, 0) is 0 Å². The minimum Gasteiger partial charge on any atom is -0.492 e. The van der Waals surface area contributed by atoms with E-state index in [0.717, 1.165) is 18.4 Å². The van der Waals surface area contributed by atoms with Crippen LogP contribution in [0.5, 0.6) is 5.75 Å². The maximum atomic E-state index is 12.3. The monoisotopic (exact) mass is 432 g/mol. The Labute approximate surface area is 168 Å². The first-order valence-electron chi connectivity index (χ1n) is 9.11. The van der Waals surface area contributed by atoms with Crippen LogP contribution in [0, 0.1) is 6.92 Å². The predicted molar refractivity (Wildman–Crippen MR) is 110 cm³/mol. The molecule has 0 aliphatic carbocycles. The Balaban J connectivity index is 1.87. The number of hydrazine groups is 1. The number of carbonyl (C=O) groups excluding carboxylic acids is 2. The molecule has 0 unspecified atom stereocenters. The molecule has 0 aliphatic rings. The second-order valence-electron chi connectivity index (χ2n) is 6.33. The summed E-state index contributed by atoms with van der Waals surface area (Å²) >= 11 is 3.43. The zero-order chi connectivity index (χ0) is 19.6. The summed E-state index contributed by atoms with van der Waals surface area (Å²) in [5.74, 6) is -0.0591. The van der Waals surface area contributed by atoms with Crippen molar-refractivity contribution in [1.82, 2.24) is 10.9 Å². The highest BCUT2D eigenvalue weighted by atomic mass is 79.9. The highest BCUT2D eigenvalue weighted by Gasteiger charge is 2.11. The lowest BCUT2D eigenvalue weighted by Crippen LogP contribution is -2.41. The van der Waals surface area contributed by atoms with Gasteiger partial charge >= 0.3 is 0 Å². The third-order valence-corrected chi connectivity index (χ3v) is 4.64. The van der Waals surface area contributed by atoms with E-state index in [1.807, 2.05) is 13.0 Å². The number of amides is 2. The van der Waals surface area contributed by atoms with Crippen molar-refractivity contribution in [2.75, 3.05) is 6.61 Å². The van der Waals surface area contributed by atoms with E-state index in [1.54, 1.807) is 36.4 Å². The van der Waals surface area contributed by atoms with Gasteiger partial charge in [-0.1, -0.05) is 43.9 Å². The van der Waals surface area contributed by atoms with Crippen LogP contribution in [-0.4, -0.2) is 18.4 Å². The first-order chi connectivity index (χ1) is 13.0. The Hall–Kier alpha value is -2.34. The molecule has 27 heavy (non-hydrogen) atoms. The molecule has 0 bridgehead atoms. The Bertz CT molecular complexity index is 793. The number of benzene rings is 2. The minimum atomic E-state index is -0.397. The maximum Gasteiger partial charge on any atom is 0.269 e. The molecular formula is C21H25BrN2O3. The molecule has 2 amide bonds. The molecule has 5 nitrogen and oxygen atoms in total. The molecule has 0 atom stereocenters. The van der Waals surface area contributed by atoms with Crippen LogP contribution < -0.4 is 15.6 Å². The summed E-state index contributed by atoms with van der Waals surface area (Å²) in [5, 5.41) is 0. The third-order valence-electron chi connectivity index (χ3n) is 4.02. The summed E-state index contributed by atoms with van der Waals surface area (Å²) in [4.78, 5) is 24.3. The molecule has 6 heteroatoms. The molecule has 0 aliphatic heterocycles. The SMILES string of the molecule is CCCCCCOc1ccc(C(=O)NNC(=O)c2cccc(C)c2)cc1Br. The van der Waals surface area contributed by atoms with E-state index >= 15 is 0 Å². The number of unbranched alkanes of at least 4 members (excludes halogenated alkanes) is 3. The first kappa shape index (κ1) is 21.0. The molecule has 0 heterocycles. The van der Waals surface area contributed by atoms with Gasteiger partial charge < -0.3 is 4.74 Å². The van der Waals surface area contributed by atoms with Crippen LogP contribution in [0.25, 0.3) is 0 Å². The van der Waals surface area contributed by atoms with Crippen molar-refractivity contribution >= 4 is 27.7 Å². The fourth-order valence-electron chi connectivity index (χ4n) is 2.51. The lowest BCUT2D eigenvalue weighted by molar-refractivity contribution is 0.0846. The fraction of sp³-hybridized carbons (Fsp3) is 0.333. The van der Waals surface area contributed by atoms with Crippen molar-refractivity contribution < 1.29 is 14.3 Å². The Morgan fingerprint density at radius 2 is 1.67 bits per heavy atom. The van der Waals surface area contributed by atoms with Gasteiger partial charge in [0.2, 0.25) is 0 Å². The predicted octanol–water partition coefficient (Wildman–Crippen LogP) is 4.79. The lowest BCUT2D eigenvalue weighted by Gasteiger charge is -2.11. The molecule has 0 saturated heterocycles. The standard InChI is InChI=1S/C21H25BrN2O3/c1-3-4-5-6-12-27-19-11-10-17(14-18(19)22)21(26)24-23-20(25)16-9-7-8-15(2)13-16/h7-11,13-14H,3-6,12H2,1-2H3,(H,23,25)(H,24,26). The zero-order valence-electron chi connectivity index (χ0n) is 15.7. The van der Waals surface area contributed by atoms with E-state index in [0.29, 0.717) is 28.0 Å². The number of rotatable bonds is 8. The van der Waals surface area contributed by atoms with E-state index in [2.05, 4.69) is 33.7 Å². The highest BCUT2D eigenvalue weighted by molar-refractivity contribution is 9.10. The van der Waals surface area contributed by atoms with Gasteiger partial charge in [0.15, 0.2) is 0 Å². The van der Waals surface area contributed by atoms with Gasteiger partial charge in [-0.2, -0.15) is 0 Å². The number of halogens is 1. The number of aryl methyl sites for hydroxylation is 1. The molecule has 0 fully saturated rings. The van der Waals surface area contributed by atoms with Crippen molar-refractivity contribution in [3.8, 4) is 5.75 Å². The average Bonchev–Trinajstić information content (AvgIpc) is 2.66. The fourth-order valence-corrected chi connectivity index (χ4v) is 3.01. The lowest BCUT2D eigenvalue weighted by atomic mass is 10.1. The molecule has 2 N–H and O–H groups in total. The Morgan fingerprint density at radius 3 is 2.30 bits per heavy atom. The van der Waals surface area contributed by atoms with E-state index in [4.69, 9.17) is 4.74 Å². The van der Waals surface area contributed by atoms with Gasteiger partial charge in [0.05, 0.1) is 11.1 Å². The number of hydrogen-bond donors (Lipinski definition) is 2. The summed E-state index contributed by atoms with van der Waals surface area (Å²) in [6, 6.07) is 12.2. The molecule has 0 aromatic heterocycles. The van der Waals surface area contributed by atoms with Crippen molar-refractivity contribution in [2.45, 2.75) is 39.5 Å². The van der Waals surface area contributed by atoms with Crippen LogP contribution in [0.15, 0.2) is 46.9 Å². The van der Waals surface area contributed by atoms with Crippen molar-refractivity contribution in [3.63, 3.8) is 0 Å². The first-order valence-corrected chi connectivity index (χ1v) is 9.90. The quantitative estimate of drug-likeness (QED) is 0.465. The third kappa shape index (κ3) is 6.71. The highest BCUT2D eigenvalue weighted by Crippen LogP contribution is 2.26. The van der Waals surface area contributed by atoms with Crippen LogP contribution in [0.3, 0.4) is 0 Å². The van der Waals surface area contributed by atoms with E-state index in [9.17, 15) is 9.59 Å². The van der Waals surface area contributed by atoms with E-state index < -0.39 is 5.91 Å². The Kier molecular flexibility index (Phi) is 8.33. The molecule has 2 rings (SSSR count). The number of hydrogen-bond acceptors (Lipinski definition) is 3. The van der Waals surface area contributed by atoms with E-state index in [1.165, 1.54) is 12.8 Å². The molecule has 0 spiro atoms. The van der Waals surface area contributed by atoms with Gasteiger partial charge in [-0.3, -0.25) is 20.4 Å². The van der Waals surface area contributed by atoms with Gasteiger partial charge in [0.1, 0.15) is 5.75 Å². The van der Waals surface area contributed by atoms with Crippen molar-refractivity contribution in [2.24, 2.45) is 0 Å². The van der Waals surface area contributed by atoms with Crippen molar-refractivity contribution in [3.05, 3.63) is 63.6 Å². The average molecular weight is 433 g/mol. The van der Waals surface area contributed by atoms with Crippen LogP contribution in [0.1, 0.15) is 58.9 Å². The molecule has 144 valence electrons. The minimum absolute atomic E-state index is 0.363.